The third-order valence-corrected chi connectivity index (χ3v) is 5.65. The number of carbonyl (C=O) groups excluding carboxylic acids is 3. The van der Waals surface area contributed by atoms with Crippen molar-refractivity contribution in [3.8, 4) is 6.07 Å². The number of amides is 3. The van der Waals surface area contributed by atoms with Crippen LogP contribution in [0.1, 0.15) is 43.5 Å². The van der Waals surface area contributed by atoms with Crippen LogP contribution in [-0.2, 0) is 14.3 Å². The van der Waals surface area contributed by atoms with Gasteiger partial charge in [-0.3, -0.25) is 9.59 Å². The molecule has 1 atom stereocenters. The predicted molar refractivity (Wildman–Crippen MR) is 143 cm³/mol. The summed E-state index contributed by atoms with van der Waals surface area (Å²) < 4.78 is 5.20. The summed E-state index contributed by atoms with van der Waals surface area (Å²) in [5, 5.41) is 16.9. The fourth-order valence-corrected chi connectivity index (χ4v) is 3.95. The number of aryl methyl sites for hydroxylation is 2. The minimum Gasteiger partial charge on any atom is -0.444 e. The topological polar surface area (TPSA) is 112 Å². The van der Waals surface area contributed by atoms with Gasteiger partial charge < -0.3 is 20.3 Å². The number of nitrogens with one attached hydrogen (secondary N) is 2. The lowest BCUT2D eigenvalue weighted by molar-refractivity contribution is -0.137. The lowest BCUT2D eigenvalue weighted by Gasteiger charge is -2.31. The Bertz CT molecular complexity index is 1350. The minimum absolute atomic E-state index is 0.349. The summed E-state index contributed by atoms with van der Waals surface area (Å²) in [5.74, 6) is -1.06. The molecule has 0 fully saturated rings. The predicted octanol–water partition coefficient (Wildman–Crippen LogP) is 5.01. The van der Waals surface area contributed by atoms with E-state index in [1.165, 1.54) is 4.90 Å². The number of alkyl carbamates (subject to hydrolysis) is 1. The fraction of sp³-hybridized carbons (Fsp3) is 0.310. The van der Waals surface area contributed by atoms with E-state index in [0.29, 0.717) is 11.3 Å². The summed E-state index contributed by atoms with van der Waals surface area (Å²) in [6.45, 7) is 8.10. The summed E-state index contributed by atoms with van der Waals surface area (Å²) in [5.41, 5.74) is 2.12. The largest absolute Gasteiger partial charge is 0.444 e. The van der Waals surface area contributed by atoms with Gasteiger partial charge in [0, 0.05) is 5.69 Å². The van der Waals surface area contributed by atoms with E-state index >= 15 is 0 Å². The summed E-state index contributed by atoms with van der Waals surface area (Å²) in [6, 6.07) is 19.8. The van der Waals surface area contributed by atoms with Crippen molar-refractivity contribution in [3.05, 3.63) is 77.4 Å². The average molecular weight is 501 g/mol. The summed E-state index contributed by atoms with van der Waals surface area (Å²) in [6.07, 6.45) is -0.762. The van der Waals surface area contributed by atoms with Gasteiger partial charge in [-0.2, -0.15) is 5.26 Å². The van der Waals surface area contributed by atoms with Crippen molar-refractivity contribution >= 4 is 34.4 Å². The van der Waals surface area contributed by atoms with Crippen molar-refractivity contribution in [2.75, 3.05) is 18.4 Å². The number of nitriles is 1. The van der Waals surface area contributed by atoms with Crippen LogP contribution in [0.4, 0.5) is 10.5 Å². The molecule has 0 aliphatic carbocycles. The van der Waals surface area contributed by atoms with Crippen LogP contribution in [0.5, 0.6) is 0 Å². The Hall–Kier alpha value is -4.38. The molecule has 2 N–H and O–H groups in total. The molecule has 0 aliphatic heterocycles. The quantitative estimate of drug-likeness (QED) is 0.443. The van der Waals surface area contributed by atoms with Gasteiger partial charge >= 0.3 is 6.09 Å². The Morgan fingerprint density at radius 1 is 1.00 bits per heavy atom. The maximum absolute atomic E-state index is 13.7. The maximum atomic E-state index is 13.7. The van der Waals surface area contributed by atoms with Crippen LogP contribution in [0.2, 0.25) is 0 Å². The number of fused-ring (bicyclic) bond motifs is 1. The Morgan fingerprint density at radius 3 is 2.38 bits per heavy atom. The summed E-state index contributed by atoms with van der Waals surface area (Å²) >= 11 is 0. The number of rotatable bonds is 7. The molecule has 3 rings (SSSR count). The van der Waals surface area contributed by atoms with E-state index in [9.17, 15) is 19.6 Å². The molecule has 37 heavy (non-hydrogen) atoms. The number of ether oxygens (including phenoxy) is 1. The van der Waals surface area contributed by atoms with Gasteiger partial charge in [-0.15, -0.1) is 0 Å². The van der Waals surface area contributed by atoms with Gasteiger partial charge in [-0.25, -0.2) is 4.79 Å². The van der Waals surface area contributed by atoms with E-state index in [0.717, 1.165) is 21.9 Å². The normalized spacial score (nSPS) is 11.8. The molecule has 3 aromatic rings. The van der Waals surface area contributed by atoms with Gasteiger partial charge in [-0.1, -0.05) is 54.1 Å². The van der Waals surface area contributed by atoms with Crippen LogP contribution in [0.15, 0.2) is 60.7 Å². The summed E-state index contributed by atoms with van der Waals surface area (Å²) in [7, 11) is 0. The van der Waals surface area contributed by atoms with Gasteiger partial charge in [0.05, 0.1) is 6.07 Å². The molecule has 3 amide bonds. The molecule has 0 spiro atoms. The summed E-state index contributed by atoms with van der Waals surface area (Å²) in [4.78, 5) is 40.3. The molecule has 0 aliphatic rings. The highest BCUT2D eigenvalue weighted by Gasteiger charge is 2.33. The van der Waals surface area contributed by atoms with Crippen LogP contribution >= 0.6 is 0 Å². The SMILES string of the molecule is Cc1ccc(C)c(C(C(=O)Nc2ccc3ccccc3c2)N(CC#N)C(=O)CNC(=O)OC(C)(C)C)c1. The number of hydrogen-bond acceptors (Lipinski definition) is 5. The molecule has 8 heteroatoms. The van der Waals surface area contributed by atoms with Crippen LogP contribution < -0.4 is 10.6 Å². The van der Waals surface area contributed by atoms with Crippen molar-refractivity contribution < 1.29 is 19.1 Å². The third kappa shape index (κ3) is 7.31. The van der Waals surface area contributed by atoms with Crippen LogP contribution in [0.25, 0.3) is 10.8 Å². The van der Waals surface area contributed by atoms with Gasteiger partial charge in [0.15, 0.2) is 0 Å². The second-order valence-electron chi connectivity index (χ2n) is 9.85. The number of nitrogens with zero attached hydrogens (tertiary/aromatic N) is 2. The van der Waals surface area contributed by atoms with Crippen molar-refractivity contribution in [1.82, 2.24) is 10.2 Å². The molecule has 0 bridgehead atoms. The molecule has 1 unspecified atom stereocenters. The Balaban J connectivity index is 1.94. The van der Waals surface area contributed by atoms with Gasteiger partial charge in [0.25, 0.3) is 5.91 Å². The fourth-order valence-electron chi connectivity index (χ4n) is 3.95. The first-order chi connectivity index (χ1) is 17.5. The first-order valence-electron chi connectivity index (χ1n) is 12.0. The van der Waals surface area contributed by atoms with Crippen molar-refractivity contribution in [2.45, 2.75) is 46.3 Å². The monoisotopic (exact) mass is 500 g/mol. The molecule has 8 nitrogen and oxygen atoms in total. The second-order valence-corrected chi connectivity index (χ2v) is 9.85. The first-order valence-corrected chi connectivity index (χ1v) is 12.0. The smallest absolute Gasteiger partial charge is 0.408 e. The van der Waals surface area contributed by atoms with Crippen molar-refractivity contribution in [3.63, 3.8) is 0 Å². The van der Waals surface area contributed by atoms with E-state index in [1.807, 2.05) is 74.5 Å². The molecule has 3 aromatic carbocycles. The first kappa shape index (κ1) is 27.2. The van der Waals surface area contributed by atoms with Crippen molar-refractivity contribution in [2.24, 2.45) is 0 Å². The standard InChI is InChI=1S/C29H32N4O4/c1-19-10-11-20(2)24(16-19)26(27(35)32-23-13-12-21-8-6-7-9-22(21)17-23)33(15-14-30)25(34)18-31-28(36)37-29(3,4)5/h6-13,16-17,26H,15,18H2,1-5H3,(H,31,36)(H,32,35). The van der Waals surface area contributed by atoms with E-state index in [2.05, 4.69) is 10.6 Å². The Morgan fingerprint density at radius 2 is 1.70 bits per heavy atom. The highest BCUT2D eigenvalue weighted by Crippen LogP contribution is 2.28. The number of benzene rings is 3. The van der Waals surface area contributed by atoms with E-state index in [4.69, 9.17) is 4.74 Å². The number of hydrogen-bond donors (Lipinski definition) is 2. The van der Waals surface area contributed by atoms with Crippen LogP contribution in [-0.4, -0.2) is 41.5 Å². The molecule has 0 saturated carbocycles. The number of anilines is 1. The zero-order chi connectivity index (χ0) is 27.2. The number of carbonyl (C=O) groups is 3. The molecular weight excluding hydrogens is 468 g/mol. The van der Waals surface area contributed by atoms with E-state index in [1.54, 1.807) is 26.8 Å². The van der Waals surface area contributed by atoms with Gasteiger partial charge in [0.1, 0.15) is 24.7 Å². The second kappa shape index (κ2) is 11.6. The Kier molecular flexibility index (Phi) is 8.51. The lowest BCUT2D eigenvalue weighted by atomic mass is 9.96. The van der Waals surface area contributed by atoms with E-state index in [-0.39, 0.29) is 6.54 Å². The molecule has 0 aromatic heterocycles. The van der Waals surface area contributed by atoms with Gasteiger partial charge in [-0.05, 0) is 68.7 Å². The zero-order valence-corrected chi connectivity index (χ0v) is 21.8. The van der Waals surface area contributed by atoms with E-state index < -0.39 is 36.1 Å². The molecule has 0 radical (unpaired) electrons. The molecule has 192 valence electrons. The third-order valence-electron chi connectivity index (χ3n) is 5.65. The van der Waals surface area contributed by atoms with Gasteiger partial charge in [0.2, 0.25) is 5.91 Å². The average Bonchev–Trinajstić information content (AvgIpc) is 2.83. The molecular formula is C29H32N4O4. The minimum atomic E-state index is -1.10. The molecule has 0 saturated heterocycles. The zero-order valence-electron chi connectivity index (χ0n) is 21.8. The lowest BCUT2D eigenvalue weighted by Crippen LogP contribution is -2.46. The van der Waals surface area contributed by atoms with Crippen LogP contribution in [0.3, 0.4) is 0 Å². The van der Waals surface area contributed by atoms with Crippen molar-refractivity contribution in [1.29, 1.82) is 5.26 Å². The maximum Gasteiger partial charge on any atom is 0.408 e. The molecule has 0 heterocycles. The highest BCUT2D eigenvalue weighted by molar-refractivity contribution is 6.00. The highest BCUT2D eigenvalue weighted by atomic mass is 16.6. The Labute approximate surface area is 217 Å². The van der Waals surface area contributed by atoms with Crippen LogP contribution in [0, 0.1) is 25.2 Å².